The van der Waals surface area contributed by atoms with E-state index in [9.17, 15) is 19.5 Å². The number of fused-ring (bicyclic) bond motifs is 6. The third-order valence-electron chi connectivity index (χ3n) is 11.3. The summed E-state index contributed by atoms with van der Waals surface area (Å²) >= 11 is 0. The molecule has 288 valence electrons. The van der Waals surface area contributed by atoms with Crippen LogP contribution in [0.4, 0.5) is 9.59 Å². The smallest absolute Gasteiger partial charge is 0.407 e. The van der Waals surface area contributed by atoms with Gasteiger partial charge in [-0.2, -0.15) is 0 Å². The molecule has 4 N–H and O–H groups in total. The second-order valence-corrected chi connectivity index (χ2v) is 15.2. The summed E-state index contributed by atoms with van der Waals surface area (Å²) in [6.07, 6.45) is 0.631. The van der Waals surface area contributed by atoms with Gasteiger partial charge in [0.25, 0.3) is 0 Å². The zero-order valence-electron chi connectivity index (χ0n) is 32.1. The molecule has 0 saturated carbocycles. The number of aromatic nitrogens is 4. The molecule has 8 rings (SSSR count). The molecule has 2 saturated heterocycles. The summed E-state index contributed by atoms with van der Waals surface area (Å²) in [5.74, 6) is 7.56. The Labute approximate surface area is 323 Å². The van der Waals surface area contributed by atoms with Crippen molar-refractivity contribution >= 4 is 61.7 Å². The van der Waals surface area contributed by atoms with Gasteiger partial charge in [-0.1, -0.05) is 50.1 Å². The SMILES string of the molecule is CC#Cc1cc2[nH]c([C@@H]3CCCN3C(=O)C(NC(=O)OC)C(C)C)nc2c2ccc(-c3ccc4c(ccc5[nH]c(C6CC(COC)CN6C(=O)O)nc54)c3)cc12. The topological polar surface area (TPSA) is 166 Å². The van der Waals surface area contributed by atoms with Crippen molar-refractivity contribution in [3.63, 3.8) is 0 Å². The number of benzene rings is 4. The standard InChI is InChI=1S/C43H45N7O6/c1-6-8-27-20-33-38(47-39(45-33)34-9-7-16-49(34)41(51)36(23(2)3)48-42(52)56-5)30-14-11-26(19-31(27)30)25-10-13-29-28(18-25)12-15-32-37(29)46-40(44-32)35-17-24(22-55-4)21-50(35)43(53)54/h10-15,18-20,23-24,34-36H,7,9,16-17,21-22H2,1-5H3,(H,44,46)(H,45,47)(H,48,52)(H,53,54)/t24?,34-,35?,36?/m0/s1. The fourth-order valence-corrected chi connectivity index (χ4v) is 8.59. The summed E-state index contributed by atoms with van der Waals surface area (Å²) in [5, 5.41) is 16.6. The Kier molecular flexibility index (Phi) is 9.76. The van der Waals surface area contributed by atoms with Gasteiger partial charge in [-0.15, -0.1) is 5.92 Å². The van der Waals surface area contributed by atoms with Gasteiger partial charge >= 0.3 is 12.2 Å². The van der Waals surface area contributed by atoms with Crippen molar-refractivity contribution in [2.75, 3.05) is 33.9 Å². The molecule has 0 aliphatic carbocycles. The van der Waals surface area contributed by atoms with E-state index in [-0.39, 0.29) is 29.8 Å². The molecule has 4 aromatic carbocycles. The Morgan fingerprint density at radius 3 is 2.34 bits per heavy atom. The van der Waals surface area contributed by atoms with Gasteiger partial charge in [-0.3, -0.25) is 9.69 Å². The Balaban J connectivity index is 1.13. The highest BCUT2D eigenvalue weighted by Gasteiger charge is 2.39. The predicted octanol–water partition coefficient (Wildman–Crippen LogP) is 7.52. The fraction of sp³-hybridized carbons (Fsp3) is 0.372. The molecule has 3 amide bonds. The number of carboxylic acid groups (broad SMARTS) is 1. The predicted molar refractivity (Wildman–Crippen MR) is 214 cm³/mol. The summed E-state index contributed by atoms with van der Waals surface area (Å²) in [5.41, 5.74) is 6.24. The van der Waals surface area contributed by atoms with E-state index < -0.39 is 18.2 Å². The monoisotopic (exact) mass is 755 g/mol. The molecule has 0 spiro atoms. The van der Waals surface area contributed by atoms with Crippen molar-refractivity contribution in [2.24, 2.45) is 11.8 Å². The lowest BCUT2D eigenvalue weighted by Gasteiger charge is -2.29. The minimum Gasteiger partial charge on any atom is -0.465 e. The fourth-order valence-electron chi connectivity index (χ4n) is 8.59. The van der Waals surface area contributed by atoms with Gasteiger partial charge in [0.2, 0.25) is 5.91 Å². The second-order valence-electron chi connectivity index (χ2n) is 15.2. The molecule has 2 aromatic heterocycles. The zero-order chi connectivity index (χ0) is 39.2. The number of hydrogen-bond acceptors (Lipinski definition) is 7. The van der Waals surface area contributed by atoms with E-state index in [2.05, 4.69) is 69.6 Å². The maximum absolute atomic E-state index is 13.8. The number of rotatable bonds is 8. The van der Waals surface area contributed by atoms with Gasteiger partial charge < -0.3 is 34.8 Å². The van der Waals surface area contributed by atoms with Crippen molar-refractivity contribution in [3.8, 4) is 23.0 Å². The quantitative estimate of drug-likeness (QED) is 0.116. The molecular formula is C43H45N7O6. The van der Waals surface area contributed by atoms with E-state index in [0.717, 1.165) is 73.1 Å². The Morgan fingerprint density at radius 2 is 1.62 bits per heavy atom. The third kappa shape index (κ3) is 6.53. The summed E-state index contributed by atoms with van der Waals surface area (Å²) in [6, 6.07) is 17.4. The number of alkyl carbamates (subject to hydrolysis) is 1. The number of imidazole rings is 2. The number of carbonyl (C=O) groups is 3. The number of hydrogen-bond donors (Lipinski definition) is 4. The molecule has 13 nitrogen and oxygen atoms in total. The average Bonchev–Trinajstić information content (AvgIpc) is 4.01. The van der Waals surface area contributed by atoms with Crippen LogP contribution in [0.2, 0.25) is 0 Å². The number of aromatic amines is 2. The van der Waals surface area contributed by atoms with Gasteiger partial charge in [-0.25, -0.2) is 19.6 Å². The highest BCUT2D eigenvalue weighted by atomic mass is 16.5. The van der Waals surface area contributed by atoms with Crippen LogP contribution < -0.4 is 5.32 Å². The number of likely N-dealkylation sites (tertiary alicyclic amines) is 2. The normalized spacial score (nSPS) is 18.9. The molecule has 13 heteroatoms. The maximum atomic E-state index is 13.8. The molecule has 0 radical (unpaired) electrons. The maximum Gasteiger partial charge on any atom is 0.407 e. The number of ether oxygens (including phenoxy) is 2. The summed E-state index contributed by atoms with van der Waals surface area (Å²) < 4.78 is 10.1. The molecule has 3 unspecified atom stereocenters. The first-order chi connectivity index (χ1) is 27.1. The van der Waals surface area contributed by atoms with E-state index in [1.807, 2.05) is 37.8 Å². The van der Waals surface area contributed by atoms with Gasteiger partial charge in [0.1, 0.15) is 17.7 Å². The minimum atomic E-state index is -0.959. The lowest BCUT2D eigenvalue weighted by atomic mass is 9.95. The minimum absolute atomic E-state index is 0.111. The van der Waals surface area contributed by atoms with Crippen molar-refractivity contribution < 1.29 is 29.0 Å². The molecule has 4 heterocycles. The van der Waals surface area contributed by atoms with Crippen molar-refractivity contribution in [2.45, 2.75) is 58.2 Å². The van der Waals surface area contributed by atoms with E-state index in [1.54, 1.807) is 7.11 Å². The summed E-state index contributed by atoms with van der Waals surface area (Å²) in [4.78, 5) is 58.2. The van der Waals surface area contributed by atoms with E-state index >= 15 is 0 Å². The van der Waals surface area contributed by atoms with Crippen LogP contribution in [0, 0.1) is 23.7 Å². The largest absolute Gasteiger partial charge is 0.465 e. The van der Waals surface area contributed by atoms with Crippen LogP contribution in [0.5, 0.6) is 0 Å². The number of H-pyrrole nitrogens is 2. The van der Waals surface area contributed by atoms with Gasteiger partial charge in [-0.05, 0) is 72.9 Å². The third-order valence-corrected chi connectivity index (χ3v) is 11.3. The van der Waals surface area contributed by atoms with Crippen LogP contribution in [0.1, 0.15) is 69.3 Å². The van der Waals surface area contributed by atoms with Crippen LogP contribution in [0.3, 0.4) is 0 Å². The highest BCUT2D eigenvalue weighted by Crippen LogP contribution is 2.39. The van der Waals surface area contributed by atoms with Crippen LogP contribution >= 0.6 is 0 Å². The number of methoxy groups -OCH3 is 2. The Bertz CT molecular complexity index is 2580. The van der Waals surface area contributed by atoms with Crippen molar-refractivity contribution in [1.29, 1.82) is 0 Å². The van der Waals surface area contributed by atoms with Gasteiger partial charge in [0, 0.05) is 47.8 Å². The second kappa shape index (κ2) is 14.8. The molecule has 2 aliphatic rings. The van der Waals surface area contributed by atoms with Crippen LogP contribution in [-0.2, 0) is 14.3 Å². The Hall–Kier alpha value is -6.13. The summed E-state index contributed by atoms with van der Waals surface area (Å²) in [6.45, 7) is 7.11. The van der Waals surface area contributed by atoms with E-state index in [0.29, 0.717) is 37.8 Å². The van der Waals surface area contributed by atoms with Crippen molar-refractivity contribution in [3.05, 3.63) is 71.8 Å². The first kappa shape index (κ1) is 36.8. The first-order valence-corrected chi connectivity index (χ1v) is 19.0. The van der Waals surface area contributed by atoms with Crippen molar-refractivity contribution in [1.82, 2.24) is 35.1 Å². The summed E-state index contributed by atoms with van der Waals surface area (Å²) in [7, 11) is 2.93. The highest BCUT2D eigenvalue weighted by molar-refractivity contribution is 6.09. The lowest BCUT2D eigenvalue weighted by Crippen LogP contribution is -2.51. The lowest BCUT2D eigenvalue weighted by molar-refractivity contribution is -0.135. The molecule has 2 fully saturated rings. The molecule has 6 aromatic rings. The molecule has 4 atom stereocenters. The zero-order valence-corrected chi connectivity index (χ0v) is 32.1. The number of amides is 3. The van der Waals surface area contributed by atoms with Crippen LogP contribution in [0.25, 0.3) is 54.7 Å². The molecule has 56 heavy (non-hydrogen) atoms. The molecule has 0 bridgehead atoms. The molecular weight excluding hydrogens is 711 g/mol. The van der Waals surface area contributed by atoms with Gasteiger partial charge in [0.15, 0.2) is 0 Å². The number of carbonyl (C=O) groups excluding carboxylic acids is 2. The van der Waals surface area contributed by atoms with Gasteiger partial charge in [0.05, 0.1) is 47.9 Å². The first-order valence-electron chi connectivity index (χ1n) is 19.0. The number of nitrogens with zero attached hydrogens (tertiary/aromatic N) is 4. The average molecular weight is 756 g/mol. The van der Waals surface area contributed by atoms with E-state index in [1.165, 1.54) is 12.0 Å². The number of nitrogens with one attached hydrogen (secondary N) is 3. The van der Waals surface area contributed by atoms with Crippen LogP contribution in [0.15, 0.2) is 54.6 Å². The van der Waals surface area contributed by atoms with Crippen LogP contribution in [-0.4, -0.2) is 92.9 Å². The van der Waals surface area contributed by atoms with E-state index in [4.69, 9.17) is 19.4 Å². The Morgan fingerprint density at radius 1 is 0.911 bits per heavy atom. The molecule has 2 aliphatic heterocycles.